The average Bonchev–Trinajstić information content (AvgIpc) is 3.40. The van der Waals surface area contributed by atoms with Gasteiger partial charge in [-0.25, -0.2) is 9.97 Å². The molecule has 1 amide bonds. The fourth-order valence-corrected chi connectivity index (χ4v) is 4.27. The van der Waals surface area contributed by atoms with E-state index in [0.717, 1.165) is 34.5 Å². The van der Waals surface area contributed by atoms with Crippen LogP contribution in [0.3, 0.4) is 0 Å². The second kappa shape index (κ2) is 5.93. The van der Waals surface area contributed by atoms with Crippen molar-refractivity contribution in [2.24, 2.45) is 0 Å². The number of hydrogen-bond acceptors (Lipinski definition) is 4. The van der Waals surface area contributed by atoms with Gasteiger partial charge in [-0.2, -0.15) is 5.10 Å². The maximum absolute atomic E-state index is 13.0. The molecule has 26 heavy (non-hydrogen) atoms. The quantitative estimate of drug-likeness (QED) is 0.771. The normalized spacial score (nSPS) is 17.8. The van der Waals surface area contributed by atoms with Crippen LogP contribution >= 0.6 is 0 Å². The molecule has 0 saturated heterocycles. The molecule has 0 atom stereocenters. The lowest BCUT2D eigenvalue weighted by molar-refractivity contribution is 0.0734. The molecule has 5 rings (SSSR count). The van der Waals surface area contributed by atoms with Crippen LogP contribution in [0.15, 0.2) is 18.6 Å². The van der Waals surface area contributed by atoms with E-state index in [4.69, 9.17) is 0 Å². The second-order valence-electron chi connectivity index (χ2n) is 7.41. The van der Waals surface area contributed by atoms with Gasteiger partial charge in [0.1, 0.15) is 5.52 Å². The van der Waals surface area contributed by atoms with Gasteiger partial charge in [-0.05, 0) is 25.8 Å². The highest BCUT2D eigenvalue weighted by Crippen LogP contribution is 2.31. The highest BCUT2D eigenvalue weighted by molar-refractivity contribution is 5.96. The number of imidazole rings is 1. The first-order valence-corrected chi connectivity index (χ1v) is 9.35. The lowest BCUT2D eigenvalue weighted by Gasteiger charge is -2.26. The van der Waals surface area contributed by atoms with Crippen LogP contribution in [0.5, 0.6) is 0 Å². The molecule has 3 aromatic rings. The molecule has 0 spiro atoms. The predicted octanol–water partition coefficient (Wildman–Crippen LogP) is 2.78. The number of amides is 1. The molecular formula is C19H22N6O. The van der Waals surface area contributed by atoms with Crippen molar-refractivity contribution < 1.29 is 4.79 Å². The summed E-state index contributed by atoms with van der Waals surface area (Å²) in [6.07, 6.45) is 9.29. The summed E-state index contributed by atoms with van der Waals surface area (Å²) in [6, 6.07) is 2.38. The van der Waals surface area contributed by atoms with E-state index in [2.05, 4.69) is 24.7 Å². The lowest BCUT2D eigenvalue weighted by atomic mass is 10.0. The SMILES string of the molecule is Cc1[nH]nc2c1CN(C(=O)c1cnc3c(c1)ncn3C1CCCC1)CC2. The van der Waals surface area contributed by atoms with E-state index >= 15 is 0 Å². The fraction of sp³-hybridized carbons (Fsp3) is 0.474. The van der Waals surface area contributed by atoms with Gasteiger partial charge in [0.05, 0.1) is 17.6 Å². The molecule has 2 aliphatic rings. The molecule has 4 heterocycles. The standard InChI is InChI=1S/C19H22N6O/c1-12-15-10-24(7-6-16(15)23-22-12)19(26)13-8-17-18(20-9-13)25(11-21-17)14-4-2-3-5-14/h8-9,11,14H,2-7,10H2,1H3,(H,22,23). The predicted molar refractivity (Wildman–Crippen MR) is 96.8 cm³/mol. The Labute approximate surface area is 151 Å². The zero-order valence-corrected chi connectivity index (χ0v) is 14.9. The van der Waals surface area contributed by atoms with Gasteiger partial charge in [0.25, 0.3) is 5.91 Å². The zero-order chi connectivity index (χ0) is 17.7. The molecule has 134 valence electrons. The molecule has 7 heteroatoms. The Balaban J connectivity index is 1.42. The lowest BCUT2D eigenvalue weighted by Crippen LogP contribution is -2.36. The van der Waals surface area contributed by atoms with E-state index < -0.39 is 0 Å². The maximum Gasteiger partial charge on any atom is 0.255 e. The van der Waals surface area contributed by atoms with Crippen molar-refractivity contribution in [1.82, 2.24) is 29.6 Å². The van der Waals surface area contributed by atoms with Crippen LogP contribution in [-0.2, 0) is 13.0 Å². The van der Waals surface area contributed by atoms with E-state index in [-0.39, 0.29) is 5.91 Å². The van der Waals surface area contributed by atoms with Crippen molar-refractivity contribution in [3.8, 4) is 0 Å². The van der Waals surface area contributed by atoms with Gasteiger partial charge in [-0.3, -0.25) is 9.89 Å². The number of aromatic nitrogens is 5. The molecule has 7 nitrogen and oxygen atoms in total. The van der Waals surface area contributed by atoms with Gasteiger partial charge in [0, 0.05) is 43.0 Å². The maximum atomic E-state index is 13.0. The average molecular weight is 350 g/mol. The molecule has 0 unspecified atom stereocenters. The van der Waals surface area contributed by atoms with Crippen LogP contribution in [0.2, 0.25) is 0 Å². The Kier molecular flexibility index (Phi) is 3.55. The monoisotopic (exact) mass is 350 g/mol. The number of aromatic amines is 1. The van der Waals surface area contributed by atoms with Crippen molar-refractivity contribution in [3.63, 3.8) is 0 Å². The van der Waals surface area contributed by atoms with Gasteiger partial charge < -0.3 is 9.47 Å². The smallest absolute Gasteiger partial charge is 0.255 e. The number of aryl methyl sites for hydroxylation is 1. The summed E-state index contributed by atoms with van der Waals surface area (Å²) in [6.45, 7) is 3.29. The van der Waals surface area contributed by atoms with Crippen LogP contribution in [0.4, 0.5) is 0 Å². The Morgan fingerprint density at radius 3 is 2.96 bits per heavy atom. The molecule has 1 fully saturated rings. The Morgan fingerprint density at radius 1 is 1.27 bits per heavy atom. The number of pyridine rings is 1. The van der Waals surface area contributed by atoms with Crippen molar-refractivity contribution >= 4 is 17.1 Å². The minimum absolute atomic E-state index is 0.0149. The number of H-pyrrole nitrogens is 1. The van der Waals surface area contributed by atoms with E-state index in [9.17, 15) is 4.79 Å². The molecule has 0 aromatic carbocycles. The third-order valence-corrected chi connectivity index (χ3v) is 5.79. The van der Waals surface area contributed by atoms with E-state index in [1.807, 2.05) is 24.2 Å². The Hall–Kier alpha value is -2.70. The minimum Gasteiger partial charge on any atom is -0.334 e. The third kappa shape index (κ3) is 2.41. The minimum atomic E-state index is 0.0149. The van der Waals surface area contributed by atoms with Crippen LogP contribution in [0.1, 0.15) is 59.0 Å². The summed E-state index contributed by atoms with van der Waals surface area (Å²) in [5.41, 5.74) is 5.57. The number of rotatable bonds is 2. The topological polar surface area (TPSA) is 79.7 Å². The molecule has 1 saturated carbocycles. The summed E-state index contributed by atoms with van der Waals surface area (Å²) in [5, 5.41) is 7.33. The number of carbonyl (C=O) groups excluding carboxylic acids is 1. The van der Waals surface area contributed by atoms with Crippen molar-refractivity contribution in [2.75, 3.05) is 6.54 Å². The van der Waals surface area contributed by atoms with Gasteiger partial charge >= 0.3 is 0 Å². The van der Waals surface area contributed by atoms with Crippen molar-refractivity contribution in [2.45, 2.75) is 51.6 Å². The van der Waals surface area contributed by atoms with Gasteiger partial charge in [0.15, 0.2) is 5.65 Å². The van der Waals surface area contributed by atoms with Crippen LogP contribution in [0.25, 0.3) is 11.2 Å². The number of nitrogens with one attached hydrogen (secondary N) is 1. The summed E-state index contributed by atoms with van der Waals surface area (Å²) in [5.74, 6) is 0.0149. The summed E-state index contributed by atoms with van der Waals surface area (Å²) in [7, 11) is 0. The summed E-state index contributed by atoms with van der Waals surface area (Å²) < 4.78 is 2.18. The van der Waals surface area contributed by atoms with E-state index in [0.29, 0.717) is 24.7 Å². The third-order valence-electron chi connectivity index (χ3n) is 5.79. The Bertz CT molecular complexity index is 981. The molecule has 1 aliphatic heterocycles. The van der Waals surface area contributed by atoms with E-state index in [1.165, 1.54) is 25.7 Å². The van der Waals surface area contributed by atoms with E-state index in [1.54, 1.807) is 6.20 Å². The highest BCUT2D eigenvalue weighted by Gasteiger charge is 2.26. The summed E-state index contributed by atoms with van der Waals surface area (Å²) >= 11 is 0. The van der Waals surface area contributed by atoms with Crippen molar-refractivity contribution in [1.29, 1.82) is 0 Å². The number of hydrogen-bond donors (Lipinski definition) is 1. The molecule has 0 bridgehead atoms. The molecule has 3 aromatic heterocycles. The first-order chi connectivity index (χ1) is 12.7. The van der Waals surface area contributed by atoms with Crippen LogP contribution in [-0.4, -0.2) is 42.1 Å². The largest absolute Gasteiger partial charge is 0.334 e. The first kappa shape index (κ1) is 15.5. The number of carbonyl (C=O) groups is 1. The molecule has 1 aliphatic carbocycles. The molecule has 1 N–H and O–H groups in total. The first-order valence-electron chi connectivity index (χ1n) is 9.35. The van der Waals surface area contributed by atoms with Gasteiger partial charge in [-0.1, -0.05) is 12.8 Å². The number of fused-ring (bicyclic) bond motifs is 2. The van der Waals surface area contributed by atoms with Crippen LogP contribution in [0, 0.1) is 6.92 Å². The zero-order valence-electron chi connectivity index (χ0n) is 14.9. The highest BCUT2D eigenvalue weighted by atomic mass is 16.2. The molecular weight excluding hydrogens is 328 g/mol. The van der Waals surface area contributed by atoms with Crippen LogP contribution < -0.4 is 0 Å². The second-order valence-corrected chi connectivity index (χ2v) is 7.41. The fourth-order valence-electron chi connectivity index (χ4n) is 4.27. The van der Waals surface area contributed by atoms with Gasteiger partial charge in [0.2, 0.25) is 0 Å². The number of nitrogens with zero attached hydrogens (tertiary/aromatic N) is 5. The molecule has 0 radical (unpaired) electrons. The Morgan fingerprint density at radius 2 is 2.12 bits per heavy atom. The van der Waals surface area contributed by atoms with Gasteiger partial charge in [-0.15, -0.1) is 0 Å². The summed E-state index contributed by atoms with van der Waals surface area (Å²) in [4.78, 5) is 23.9. The van der Waals surface area contributed by atoms with Crippen molar-refractivity contribution in [3.05, 3.63) is 41.1 Å².